The Morgan fingerprint density at radius 2 is 1.63 bits per heavy atom. The number of carbonyl (C=O) groups is 1. The number of aliphatic hydroxyl groups is 4. The molecule has 1 unspecified atom stereocenters. The first kappa shape index (κ1) is 49.7. The van der Waals surface area contributed by atoms with Crippen molar-refractivity contribution in [3.05, 3.63) is 12.7 Å². The summed E-state index contributed by atoms with van der Waals surface area (Å²) in [6.07, 6.45) is -1.33. The van der Waals surface area contributed by atoms with Crippen LogP contribution in [0, 0.1) is 35.0 Å². The van der Waals surface area contributed by atoms with Crippen LogP contribution in [-0.4, -0.2) is 126 Å². The highest BCUT2D eigenvalue weighted by molar-refractivity contribution is 5.88. The summed E-state index contributed by atoms with van der Waals surface area (Å²) in [4.78, 5) is 21.2. The van der Waals surface area contributed by atoms with Gasteiger partial charge in [0.05, 0.1) is 66.6 Å². The molecule has 0 aromatic carbocycles. The molecule has 360 valence electrons. The molecule has 0 amide bonds. The van der Waals surface area contributed by atoms with Crippen molar-refractivity contribution in [1.29, 1.82) is 2.86 Å². The van der Waals surface area contributed by atoms with Crippen LogP contribution in [0.3, 0.4) is 0 Å². The molecule has 0 radical (unpaired) electrons. The van der Waals surface area contributed by atoms with Crippen LogP contribution < -0.4 is 0 Å². The van der Waals surface area contributed by atoms with Gasteiger partial charge in [-0.25, -0.2) is 0 Å². The number of hydrogen-bond acceptors (Lipinski definition) is 14. The standard InChI is InChI=1S/C48H85NO13/c1-16-23-55-46(14)25-29(6)37(49-62-48(61-27(3)4)21-19-18-20-22-48)31(8)40(51)47(15,54)35(17-2)58-43(53)33(10)39(59-36-26-45(12,13)41(52)34(11)57-36)32(9)42(46)60-44-38(50)28(5)24-30(7)56-44/h16,27-36,38-42,44,50-52,54H,1,17-26H2,2-15H3/b49-37+/t28-,29+,30+,31-,32-,33+,34-,35+,36?,38+,39-,40+,41-,42+,44-,46-,47+/m0/s1/i50T,52T. The molecule has 1 aliphatic carbocycles. The van der Waals surface area contributed by atoms with Crippen molar-refractivity contribution in [3.63, 3.8) is 0 Å². The number of nitrogens with zero attached hydrogens (tertiary/aromatic N) is 1. The monoisotopic (exact) mass is 888 g/mol. The minimum Gasteiger partial charge on any atom is -0.459 e. The molecule has 17 atom stereocenters. The maximum absolute atomic E-state index is 14.7. The molecule has 0 spiro atoms. The fourth-order valence-electron chi connectivity index (χ4n) is 10.6. The molecule has 0 aromatic rings. The molecule has 4 aliphatic rings. The summed E-state index contributed by atoms with van der Waals surface area (Å²) in [5, 5.41) is 39.9. The van der Waals surface area contributed by atoms with Crippen LogP contribution in [-0.2, 0) is 42.8 Å². The van der Waals surface area contributed by atoms with Crippen molar-refractivity contribution in [2.75, 3.05) is 6.61 Å². The molecule has 3 aliphatic heterocycles. The summed E-state index contributed by atoms with van der Waals surface area (Å²) >= 11 is 0. The van der Waals surface area contributed by atoms with E-state index >= 15 is 0 Å². The lowest BCUT2D eigenvalue weighted by Gasteiger charge is -2.49. The van der Waals surface area contributed by atoms with Gasteiger partial charge in [-0.05, 0) is 91.9 Å². The largest absolute Gasteiger partial charge is 0.459 e. The van der Waals surface area contributed by atoms with E-state index in [0.29, 0.717) is 31.4 Å². The Balaban J connectivity index is 1.97. The Bertz CT molecular complexity index is 1510. The lowest BCUT2D eigenvalue weighted by molar-refractivity contribution is -0.315. The lowest BCUT2D eigenvalue weighted by atomic mass is 9.73. The van der Waals surface area contributed by atoms with E-state index in [-0.39, 0.29) is 37.6 Å². The van der Waals surface area contributed by atoms with E-state index in [4.69, 9.17) is 56.2 Å². The number of aliphatic hydroxyl groups excluding tert-OH is 3. The molecular formula is C48H85NO13. The second-order valence-corrected chi connectivity index (χ2v) is 20.7. The van der Waals surface area contributed by atoms with Gasteiger partial charge in [0.25, 0.3) is 0 Å². The number of ether oxygens (including phenoxy) is 7. The van der Waals surface area contributed by atoms with Crippen LogP contribution in [0.4, 0.5) is 0 Å². The Morgan fingerprint density at radius 1 is 0.952 bits per heavy atom. The maximum Gasteiger partial charge on any atom is 0.311 e. The molecule has 0 bridgehead atoms. The highest BCUT2D eigenvalue weighted by Gasteiger charge is 2.53. The Morgan fingerprint density at radius 3 is 2.21 bits per heavy atom. The predicted octanol–water partition coefficient (Wildman–Crippen LogP) is 7.21. The van der Waals surface area contributed by atoms with Gasteiger partial charge < -0.3 is 58.4 Å². The third kappa shape index (κ3) is 12.4. The topological polar surface area (TPSA) is 184 Å². The van der Waals surface area contributed by atoms with Gasteiger partial charge in [0, 0.05) is 37.0 Å². The molecule has 4 rings (SSSR count). The SMILES string of the molecule is [3H]O[C@H]1[C@H](O[C@@H]2[C@@H](C)[C@H](OC3CC(C)(C)[C@@H](O[3H])[C@H](C)O3)[C@@H](C)C(=O)O[C@H](CC)[C@@](C)(O)[C@H](O)[C@@H](C)/C(=N/OC3(OC(C)C)CCCCC3)[C@H](C)C[C@]2(C)OCC=C)O[C@H](C)C[C@@H]1C. The first-order chi connectivity index (χ1) is 29.9. The van der Waals surface area contributed by atoms with Crippen molar-refractivity contribution in [1.82, 2.24) is 0 Å². The van der Waals surface area contributed by atoms with E-state index < -0.39 is 107 Å². The minimum atomic E-state index is -1.93. The number of cyclic esters (lactones) is 1. The summed E-state index contributed by atoms with van der Waals surface area (Å²) in [7, 11) is 0. The van der Waals surface area contributed by atoms with Crippen molar-refractivity contribution < 1.29 is 63.2 Å². The van der Waals surface area contributed by atoms with E-state index in [1.165, 1.54) is 6.92 Å². The van der Waals surface area contributed by atoms with E-state index in [1.54, 1.807) is 26.8 Å². The second-order valence-electron chi connectivity index (χ2n) is 20.7. The van der Waals surface area contributed by atoms with E-state index in [9.17, 15) is 15.0 Å². The minimum absolute atomic E-state index is 0.0935. The van der Waals surface area contributed by atoms with Gasteiger partial charge in [0.15, 0.2) is 12.6 Å². The molecule has 1 saturated carbocycles. The van der Waals surface area contributed by atoms with Gasteiger partial charge in [0.2, 0.25) is 8.65 Å². The lowest BCUT2D eigenvalue weighted by Crippen LogP contribution is -2.60. The molecule has 14 nitrogen and oxygen atoms in total. The average molecular weight is 888 g/mol. The van der Waals surface area contributed by atoms with Crippen molar-refractivity contribution in [3.8, 4) is 0 Å². The second kappa shape index (κ2) is 21.7. The highest BCUT2D eigenvalue weighted by atomic mass is 16.8. The summed E-state index contributed by atoms with van der Waals surface area (Å²) in [5.41, 5.74) is -3.27. The molecule has 4 N–H and O–H groups in total. The van der Waals surface area contributed by atoms with Crippen LogP contribution in [0.5, 0.6) is 0 Å². The zero-order chi connectivity index (χ0) is 47.9. The quantitative estimate of drug-likeness (QED) is 0.0595. The molecule has 3 saturated heterocycles. The van der Waals surface area contributed by atoms with Crippen molar-refractivity contribution >= 4 is 11.7 Å². The summed E-state index contributed by atoms with van der Waals surface area (Å²) in [5.74, 6) is -4.71. The van der Waals surface area contributed by atoms with Gasteiger partial charge in [0.1, 0.15) is 17.8 Å². The van der Waals surface area contributed by atoms with Crippen LogP contribution in [0.1, 0.15) is 155 Å². The van der Waals surface area contributed by atoms with Gasteiger partial charge in [-0.3, -0.25) is 4.79 Å². The molecule has 3 heterocycles. The number of oxime groups is 1. The van der Waals surface area contributed by atoms with Crippen molar-refractivity contribution in [2.45, 2.75) is 239 Å². The zero-order valence-corrected chi connectivity index (χ0v) is 40.4. The van der Waals surface area contributed by atoms with Gasteiger partial charge in [-0.2, -0.15) is 0 Å². The van der Waals surface area contributed by atoms with Crippen LogP contribution in [0.15, 0.2) is 17.8 Å². The Hall–Kier alpha value is -1.72. The number of esters is 1. The third-order valence-electron chi connectivity index (χ3n) is 14.2. The van der Waals surface area contributed by atoms with E-state index in [0.717, 1.165) is 19.3 Å². The fraction of sp³-hybridized carbons (Fsp3) is 0.917. The van der Waals surface area contributed by atoms with E-state index in [2.05, 4.69) is 6.58 Å². The Kier molecular flexibility index (Phi) is 17.4. The van der Waals surface area contributed by atoms with Gasteiger partial charge in [-0.1, -0.05) is 66.1 Å². The molecule has 4 fully saturated rings. The summed E-state index contributed by atoms with van der Waals surface area (Å²) < 4.78 is 62.5. The Labute approximate surface area is 375 Å². The van der Waals surface area contributed by atoms with Crippen molar-refractivity contribution in [2.24, 2.45) is 40.2 Å². The van der Waals surface area contributed by atoms with Gasteiger partial charge in [-0.15, -0.1) is 6.58 Å². The maximum atomic E-state index is 14.7. The van der Waals surface area contributed by atoms with Gasteiger partial charge >= 0.3 is 5.97 Å². The highest BCUT2D eigenvalue weighted by Crippen LogP contribution is 2.44. The summed E-state index contributed by atoms with van der Waals surface area (Å²) in [6, 6.07) is 0. The normalized spacial score (nSPS) is 44.8. The van der Waals surface area contributed by atoms with E-state index in [1.807, 2.05) is 69.2 Å². The van der Waals surface area contributed by atoms with Crippen LogP contribution >= 0.6 is 0 Å². The first-order valence-electron chi connectivity index (χ1n) is 24.4. The number of rotatable bonds is 14. The number of hydrogen-bond donors (Lipinski definition) is 4. The number of carbonyl (C=O) groups excluding carboxylic acids is 1. The van der Waals surface area contributed by atoms with Crippen LogP contribution in [0.25, 0.3) is 0 Å². The average Bonchev–Trinajstić information content (AvgIpc) is 3.21. The summed E-state index contributed by atoms with van der Waals surface area (Å²) in [6.45, 7) is 30.4. The predicted molar refractivity (Wildman–Crippen MR) is 236 cm³/mol. The third-order valence-corrected chi connectivity index (χ3v) is 14.2. The molecule has 14 heteroatoms. The molecule has 0 aromatic heterocycles. The fourth-order valence-corrected chi connectivity index (χ4v) is 10.6. The smallest absolute Gasteiger partial charge is 0.311 e. The first-order valence-corrected chi connectivity index (χ1v) is 23.6. The molecule has 62 heavy (non-hydrogen) atoms. The van der Waals surface area contributed by atoms with Crippen LogP contribution in [0.2, 0.25) is 0 Å². The zero-order valence-electron chi connectivity index (χ0n) is 42.4. The molecular weight excluding hydrogens is 799 g/mol.